The van der Waals surface area contributed by atoms with Crippen LogP contribution in [0.3, 0.4) is 0 Å². The van der Waals surface area contributed by atoms with E-state index in [1.165, 1.54) is 0 Å². The monoisotopic (exact) mass is 257 g/mol. The van der Waals surface area contributed by atoms with E-state index < -0.39 is 0 Å². The van der Waals surface area contributed by atoms with Gasteiger partial charge in [0.2, 0.25) is 0 Å². The summed E-state index contributed by atoms with van der Waals surface area (Å²) in [5.74, 6) is -0.0118. The number of carbonyl (C=O) groups excluding carboxylic acids is 1. The molecule has 0 aromatic rings. The Morgan fingerprint density at radius 1 is 1.44 bits per heavy atom. The minimum Gasteiger partial charge on any atom is -0.379 e. The predicted octanol–water partition coefficient (Wildman–Crippen LogP) is -1.19. The average Bonchev–Trinajstić information content (AvgIpc) is 2.46. The van der Waals surface area contributed by atoms with Crippen molar-refractivity contribution in [2.24, 2.45) is 0 Å². The highest BCUT2D eigenvalue weighted by molar-refractivity contribution is 5.81. The van der Waals surface area contributed by atoms with Gasteiger partial charge in [0.15, 0.2) is 0 Å². The molecule has 0 aromatic carbocycles. The minimum atomic E-state index is -0.337. The number of hydrogen-bond donors (Lipinski definition) is 2. The molecule has 2 aliphatic heterocycles. The van der Waals surface area contributed by atoms with Crippen molar-refractivity contribution in [3.8, 4) is 0 Å². The van der Waals surface area contributed by atoms with Crippen molar-refractivity contribution in [2.75, 3.05) is 52.5 Å². The maximum atomic E-state index is 11.9. The average molecular weight is 257 g/mol. The van der Waals surface area contributed by atoms with Crippen molar-refractivity contribution < 1.29 is 14.3 Å². The maximum Gasteiger partial charge on any atom is 0.250 e. The minimum absolute atomic E-state index is 0.0118. The predicted molar refractivity (Wildman–Crippen MR) is 67.5 cm³/mol. The molecule has 0 aromatic heterocycles. The molecule has 104 valence electrons. The smallest absolute Gasteiger partial charge is 0.250 e. The quantitative estimate of drug-likeness (QED) is 0.663. The molecule has 1 amide bonds. The molecule has 0 bridgehead atoms. The van der Waals surface area contributed by atoms with E-state index in [1.807, 2.05) is 0 Å². The van der Waals surface area contributed by atoms with E-state index in [0.717, 1.165) is 32.8 Å². The van der Waals surface area contributed by atoms with Crippen LogP contribution in [0, 0.1) is 0 Å². The third-order valence-electron chi connectivity index (χ3n) is 3.46. The zero-order valence-corrected chi connectivity index (χ0v) is 11.0. The van der Waals surface area contributed by atoms with E-state index in [9.17, 15) is 4.79 Å². The van der Waals surface area contributed by atoms with E-state index in [0.29, 0.717) is 25.7 Å². The lowest BCUT2D eigenvalue weighted by Gasteiger charge is -2.32. The Labute approximate surface area is 108 Å². The second-order valence-corrected chi connectivity index (χ2v) is 4.81. The summed E-state index contributed by atoms with van der Waals surface area (Å²) in [5, 5.41) is 6.12. The Kier molecular flexibility index (Phi) is 5.37. The van der Waals surface area contributed by atoms with Gasteiger partial charge < -0.3 is 20.1 Å². The molecule has 6 nitrogen and oxygen atoms in total. The van der Waals surface area contributed by atoms with Crippen molar-refractivity contribution in [3.05, 3.63) is 0 Å². The molecule has 2 N–H and O–H groups in total. The summed E-state index contributed by atoms with van der Waals surface area (Å²) >= 11 is 0. The zero-order valence-electron chi connectivity index (χ0n) is 11.0. The van der Waals surface area contributed by atoms with Crippen LogP contribution in [0.15, 0.2) is 0 Å². The Hall–Kier alpha value is -0.690. The fourth-order valence-electron chi connectivity index (χ4n) is 2.24. The molecule has 2 heterocycles. The first kappa shape index (κ1) is 13.7. The number of carbonyl (C=O) groups is 1. The van der Waals surface area contributed by atoms with E-state index in [4.69, 9.17) is 9.47 Å². The molecule has 2 atom stereocenters. The first-order valence-corrected chi connectivity index (χ1v) is 6.69. The molecule has 0 aliphatic carbocycles. The van der Waals surface area contributed by atoms with Gasteiger partial charge in [0.25, 0.3) is 5.91 Å². The topological polar surface area (TPSA) is 62.8 Å². The molecule has 18 heavy (non-hydrogen) atoms. The fourth-order valence-corrected chi connectivity index (χ4v) is 2.24. The Morgan fingerprint density at radius 2 is 2.22 bits per heavy atom. The van der Waals surface area contributed by atoms with Gasteiger partial charge in [0.1, 0.15) is 6.10 Å². The maximum absolute atomic E-state index is 11.9. The number of nitrogens with zero attached hydrogens (tertiary/aromatic N) is 1. The SMILES string of the molecule is CC(CNC(=O)C1CNCCO1)N1CCOCC1. The molecular weight excluding hydrogens is 234 g/mol. The van der Waals surface area contributed by atoms with Gasteiger partial charge in [-0.15, -0.1) is 0 Å². The van der Waals surface area contributed by atoms with Crippen molar-refractivity contribution in [3.63, 3.8) is 0 Å². The highest BCUT2D eigenvalue weighted by Gasteiger charge is 2.23. The molecular formula is C12H23N3O3. The van der Waals surface area contributed by atoms with Gasteiger partial charge in [-0.1, -0.05) is 0 Å². The van der Waals surface area contributed by atoms with Crippen molar-refractivity contribution >= 4 is 5.91 Å². The zero-order chi connectivity index (χ0) is 12.8. The van der Waals surface area contributed by atoms with Gasteiger partial charge in [-0.25, -0.2) is 0 Å². The Balaban J connectivity index is 1.67. The molecule has 2 aliphatic rings. The summed E-state index contributed by atoms with van der Waals surface area (Å²) in [5.41, 5.74) is 0. The lowest BCUT2D eigenvalue weighted by atomic mass is 10.2. The second-order valence-electron chi connectivity index (χ2n) is 4.81. The largest absolute Gasteiger partial charge is 0.379 e. The highest BCUT2D eigenvalue weighted by Crippen LogP contribution is 2.03. The molecule has 0 saturated carbocycles. The Bertz CT molecular complexity index is 263. The van der Waals surface area contributed by atoms with Crippen LogP contribution in [-0.4, -0.2) is 75.5 Å². The second kappa shape index (κ2) is 7.04. The van der Waals surface area contributed by atoms with Gasteiger partial charge in [0, 0.05) is 38.8 Å². The van der Waals surface area contributed by atoms with E-state index in [-0.39, 0.29) is 12.0 Å². The number of morpholine rings is 2. The van der Waals surface area contributed by atoms with Crippen molar-refractivity contribution in [1.82, 2.24) is 15.5 Å². The standard InChI is InChI=1S/C12H23N3O3/c1-10(15-3-6-17-7-4-15)8-14-12(16)11-9-13-2-5-18-11/h10-11,13H,2-9H2,1H3,(H,14,16). The molecule has 2 unspecified atom stereocenters. The first-order valence-electron chi connectivity index (χ1n) is 6.69. The van der Waals surface area contributed by atoms with Crippen LogP contribution in [0.2, 0.25) is 0 Å². The lowest BCUT2D eigenvalue weighted by molar-refractivity contribution is -0.134. The summed E-state index contributed by atoms with van der Waals surface area (Å²) in [7, 11) is 0. The van der Waals surface area contributed by atoms with Crippen LogP contribution in [0.4, 0.5) is 0 Å². The van der Waals surface area contributed by atoms with Crippen LogP contribution in [-0.2, 0) is 14.3 Å². The number of hydrogen-bond acceptors (Lipinski definition) is 5. The van der Waals surface area contributed by atoms with Gasteiger partial charge in [-0.3, -0.25) is 9.69 Å². The molecule has 0 spiro atoms. The van der Waals surface area contributed by atoms with Gasteiger partial charge in [0.05, 0.1) is 19.8 Å². The Morgan fingerprint density at radius 3 is 2.89 bits per heavy atom. The molecule has 2 saturated heterocycles. The normalized spacial score (nSPS) is 27.7. The summed E-state index contributed by atoms with van der Waals surface area (Å²) in [6.45, 7) is 8.30. The third kappa shape index (κ3) is 3.91. The molecule has 2 fully saturated rings. The van der Waals surface area contributed by atoms with Gasteiger partial charge in [-0.05, 0) is 6.92 Å². The van der Waals surface area contributed by atoms with Gasteiger partial charge >= 0.3 is 0 Å². The summed E-state index contributed by atoms with van der Waals surface area (Å²) in [6, 6.07) is 0.342. The van der Waals surface area contributed by atoms with Crippen molar-refractivity contribution in [2.45, 2.75) is 19.1 Å². The van der Waals surface area contributed by atoms with Crippen LogP contribution in [0.5, 0.6) is 0 Å². The van der Waals surface area contributed by atoms with Crippen LogP contribution >= 0.6 is 0 Å². The van der Waals surface area contributed by atoms with Crippen LogP contribution < -0.4 is 10.6 Å². The van der Waals surface area contributed by atoms with E-state index in [1.54, 1.807) is 0 Å². The van der Waals surface area contributed by atoms with Gasteiger partial charge in [-0.2, -0.15) is 0 Å². The van der Waals surface area contributed by atoms with E-state index >= 15 is 0 Å². The highest BCUT2D eigenvalue weighted by atomic mass is 16.5. The van der Waals surface area contributed by atoms with E-state index in [2.05, 4.69) is 22.5 Å². The summed E-state index contributed by atoms with van der Waals surface area (Å²) in [4.78, 5) is 14.2. The summed E-state index contributed by atoms with van der Waals surface area (Å²) in [6.07, 6.45) is -0.337. The first-order chi connectivity index (χ1) is 8.77. The third-order valence-corrected chi connectivity index (χ3v) is 3.46. The molecule has 0 radical (unpaired) electrons. The van der Waals surface area contributed by atoms with Crippen molar-refractivity contribution in [1.29, 1.82) is 0 Å². The number of nitrogens with one attached hydrogen (secondary N) is 2. The molecule has 6 heteroatoms. The molecule has 2 rings (SSSR count). The number of rotatable bonds is 4. The van der Waals surface area contributed by atoms with Crippen LogP contribution in [0.25, 0.3) is 0 Å². The fraction of sp³-hybridized carbons (Fsp3) is 0.917. The number of amides is 1. The van der Waals surface area contributed by atoms with Crippen LogP contribution in [0.1, 0.15) is 6.92 Å². The lowest BCUT2D eigenvalue weighted by Crippen LogP contribution is -2.52. The number of ether oxygens (including phenoxy) is 2. The summed E-state index contributed by atoms with van der Waals surface area (Å²) < 4.78 is 10.7.